The first kappa shape index (κ1) is 31.4. The van der Waals surface area contributed by atoms with E-state index in [2.05, 4.69) is 0 Å². The van der Waals surface area contributed by atoms with Crippen LogP contribution in [0.1, 0.15) is 51.4 Å². The number of halogens is 3. The van der Waals surface area contributed by atoms with E-state index >= 15 is 0 Å². The van der Waals surface area contributed by atoms with E-state index in [1.165, 1.54) is 0 Å². The molecule has 0 fully saturated rings. The molecule has 0 saturated heterocycles. The Labute approximate surface area is 260 Å². The molecule has 3 N–H and O–H groups in total. The molecule has 8 bridgehead atoms. The third kappa shape index (κ3) is 7.82. The minimum Gasteiger partial charge on any atom is -0.507 e. The number of esters is 1. The van der Waals surface area contributed by atoms with Gasteiger partial charge >= 0.3 is 5.97 Å². The fraction of sp³-hybridized carbons (Fsp3) is 0.242. The summed E-state index contributed by atoms with van der Waals surface area (Å²) in [5.41, 5.74) is 5.77. The highest BCUT2D eigenvalue weighted by Gasteiger charge is 2.20. The Morgan fingerprint density at radius 1 is 0.643 bits per heavy atom. The summed E-state index contributed by atoms with van der Waals surface area (Å²) < 4.78 is 10.3. The van der Waals surface area contributed by atoms with Gasteiger partial charge in [0.25, 0.3) is 0 Å². The Balaban J connectivity index is 0.000000952. The molecule has 220 valence electrons. The lowest BCUT2D eigenvalue weighted by atomic mass is 9.91. The van der Waals surface area contributed by atoms with Gasteiger partial charge in [0.1, 0.15) is 23.0 Å². The van der Waals surface area contributed by atoms with Gasteiger partial charge in [-0.05, 0) is 51.4 Å². The Morgan fingerprint density at radius 2 is 0.929 bits per heavy atom. The molecule has 1 aliphatic carbocycles. The van der Waals surface area contributed by atoms with Crippen molar-refractivity contribution in [3.63, 3.8) is 0 Å². The van der Waals surface area contributed by atoms with Gasteiger partial charge in [-0.1, -0.05) is 108 Å². The number of carbonyl (C=O) groups is 1. The molecule has 0 heterocycles. The second-order valence-corrected chi connectivity index (χ2v) is 11.7. The summed E-state index contributed by atoms with van der Waals surface area (Å²) in [4.78, 5) is 12.1. The van der Waals surface area contributed by atoms with E-state index in [1.54, 1.807) is 6.92 Å². The molecule has 4 aromatic carbocycles. The summed E-state index contributed by atoms with van der Waals surface area (Å²) in [6, 6.07) is 22.5. The van der Waals surface area contributed by atoms with E-state index in [1.807, 2.05) is 72.8 Å². The zero-order valence-corrected chi connectivity index (χ0v) is 25.2. The van der Waals surface area contributed by atoms with Crippen molar-refractivity contribution in [1.29, 1.82) is 0 Å². The molecule has 0 aromatic heterocycles. The molecule has 4 aromatic rings. The zero-order chi connectivity index (χ0) is 30.2. The van der Waals surface area contributed by atoms with Crippen LogP contribution in [0.15, 0.2) is 72.8 Å². The summed E-state index contributed by atoms with van der Waals surface area (Å²) >= 11 is 14.4. The molecule has 0 atom stereocenters. The number of phenolic OH excluding ortho intramolecular Hbond substituents is 3. The quantitative estimate of drug-likeness (QED) is 0.142. The van der Waals surface area contributed by atoms with Crippen molar-refractivity contribution in [2.45, 2.75) is 36.9 Å². The highest BCUT2D eigenvalue weighted by atomic mass is 35.6. The first-order valence-electron chi connectivity index (χ1n) is 13.4. The molecule has 0 unspecified atom stereocenters. The SMILES string of the molecule is CCOC(=O)COc1c2cccc1Cc1cccc(c1O)Cc1cccc(c1O)Cc1cccc(c1O)C2.ClC(Cl)Cl. The van der Waals surface area contributed by atoms with Crippen LogP contribution in [0.2, 0.25) is 0 Å². The molecule has 1 aliphatic rings. The third-order valence-corrected chi connectivity index (χ3v) is 6.95. The molecule has 0 amide bonds. The minimum atomic E-state index is -0.750. The second-order valence-electron chi connectivity index (χ2n) is 9.73. The van der Waals surface area contributed by atoms with Gasteiger partial charge in [0.05, 0.1) is 6.61 Å². The highest BCUT2D eigenvalue weighted by Crippen LogP contribution is 2.37. The largest absolute Gasteiger partial charge is 0.507 e. The van der Waals surface area contributed by atoms with Crippen LogP contribution >= 0.6 is 34.8 Å². The van der Waals surface area contributed by atoms with Gasteiger partial charge in [-0.3, -0.25) is 0 Å². The van der Waals surface area contributed by atoms with Crippen molar-refractivity contribution >= 4 is 40.8 Å². The number of hydrogen-bond donors (Lipinski definition) is 3. The van der Waals surface area contributed by atoms with E-state index in [0.717, 1.165) is 11.1 Å². The van der Waals surface area contributed by atoms with E-state index in [-0.39, 0.29) is 30.5 Å². The Hall–Kier alpha value is -3.58. The number of benzene rings is 4. The average molecular weight is 630 g/mol. The predicted molar refractivity (Wildman–Crippen MR) is 165 cm³/mol. The number of ether oxygens (including phenoxy) is 2. The Bertz CT molecular complexity index is 1460. The van der Waals surface area contributed by atoms with E-state index in [4.69, 9.17) is 44.3 Å². The Kier molecular flexibility index (Phi) is 10.9. The summed E-state index contributed by atoms with van der Waals surface area (Å²) in [7, 11) is 0. The lowest BCUT2D eigenvalue weighted by Gasteiger charge is -2.19. The topological polar surface area (TPSA) is 96.2 Å². The van der Waals surface area contributed by atoms with Crippen LogP contribution in [0.5, 0.6) is 23.0 Å². The van der Waals surface area contributed by atoms with Gasteiger partial charge in [0.2, 0.25) is 0 Å². The van der Waals surface area contributed by atoms with E-state index < -0.39 is 10.3 Å². The molecular formula is C33H31Cl3O6. The smallest absolute Gasteiger partial charge is 0.344 e. The molecule has 0 radical (unpaired) electrons. The van der Waals surface area contributed by atoms with Crippen molar-refractivity contribution in [2.24, 2.45) is 0 Å². The van der Waals surface area contributed by atoms with Crippen molar-refractivity contribution in [1.82, 2.24) is 0 Å². The number of rotatable bonds is 4. The number of aromatic hydroxyl groups is 3. The summed E-state index contributed by atoms with van der Waals surface area (Å²) in [6.07, 6.45) is 1.42. The molecule has 42 heavy (non-hydrogen) atoms. The summed E-state index contributed by atoms with van der Waals surface area (Å²) in [6.45, 7) is 1.76. The fourth-order valence-corrected chi connectivity index (χ4v) is 5.05. The maximum absolute atomic E-state index is 12.1. The van der Waals surface area contributed by atoms with Crippen molar-refractivity contribution in [2.75, 3.05) is 13.2 Å². The average Bonchev–Trinajstić information content (AvgIpc) is 2.94. The number of fused-ring (bicyclic) bond motifs is 8. The number of hydrogen-bond acceptors (Lipinski definition) is 6. The zero-order valence-electron chi connectivity index (χ0n) is 22.9. The van der Waals surface area contributed by atoms with Crippen LogP contribution in [0.3, 0.4) is 0 Å². The summed E-state index contributed by atoms with van der Waals surface area (Å²) in [5, 5.41) is 33.5. The van der Waals surface area contributed by atoms with Gasteiger partial charge in [-0.25, -0.2) is 4.79 Å². The monoisotopic (exact) mass is 628 g/mol. The molecule has 6 nitrogen and oxygen atoms in total. The van der Waals surface area contributed by atoms with Crippen molar-refractivity contribution < 1.29 is 29.6 Å². The van der Waals surface area contributed by atoms with Crippen LogP contribution in [0.25, 0.3) is 0 Å². The van der Waals surface area contributed by atoms with Crippen LogP contribution in [0.4, 0.5) is 0 Å². The van der Waals surface area contributed by atoms with Gasteiger partial charge < -0.3 is 24.8 Å². The normalized spacial score (nSPS) is 12.2. The molecule has 5 rings (SSSR count). The lowest BCUT2D eigenvalue weighted by Crippen LogP contribution is -2.16. The summed E-state index contributed by atoms with van der Waals surface area (Å²) in [5.74, 6) is 0.549. The standard InChI is InChI=1S/C32H30O6.CHCl3/c1-2-37-28(33)19-38-32-26-13-6-14-27(32)18-25-12-5-10-23(31(25)36)16-21-8-3-7-20(29(21)34)15-22-9-4-11-24(17-26)30(22)35;2-1(3)4/h3-14,34-36H,2,15-19H2,1H3;1H. The number of alkyl halides is 3. The van der Waals surface area contributed by atoms with Crippen LogP contribution in [-0.2, 0) is 35.2 Å². The van der Waals surface area contributed by atoms with Gasteiger partial charge in [-0.15, -0.1) is 0 Å². The van der Waals surface area contributed by atoms with E-state index in [0.29, 0.717) is 64.8 Å². The first-order valence-corrected chi connectivity index (χ1v) is 14.7. The highest BCUT2D eigenvalue weighted by molar-refractivity contribution is 6.63. The van der Waals surface area contributed by atoms with Crippen LogP contribution in [0, 0.1) is 0 Å². The van der Waals surface area contributed by atoms with Crippen molar-refractivity contribution in [3.05, 3.63) is 117 Å². The maximum atomic E-state index is 12.1. The van der Waals surface area contributed by atoms with Gasteiger partial charge in [0.15, 0.2) is 10.9 Å². The minimum absolute atomic E-state index is 0.161. The Morgan fingerprint density at radius 3 is 1.24 bits per heavy atom. The molecule has 0 spiro atoms. The number of phenols is 3. The molecule has 9 heteroatoms. The van der Waals surface area contributed by atoms with Crippen LogP contribution < -0.4 is 4.74 Å². The third-order valence-electron chi connectivity index (χ3n) is 6.95. The molecular weight excluding hydrogens is 599 g/mol. The predicted octanol–water partition coefficient (Wildman–Crippen LogP) is 7.41. The van der Waals surface area contributed by atoms with Crippen molar-refractivity contribution in [3.8, 4) is 23.0 Å². The number of para-hydroxylation sites is 4. The first-order chi connectivity index (χ1) is 20.2. The second kappa shape index (κ2) is 14.5. The van der Waals surface area contributed by atoms with Gasteiger partial charge in [0, 0.05) is 25.7 Å². The van der Waals surface area contributed by atoms with E-state index in [9.17, 15) is 20.1 Å². The fourth-order valence-electron chi connectivity index (χ4n) is 5.05. The van der Waals surface area contributed by atoms with Crippen LogP contribution in [-0.4, -0.2) is 38.8 Å². The van der Waals surface area contributed by atoms with Gasteiger partial charge in [-0.2, -0.15) is 0 Å². The maximum Gasteiger partial charge on any atom is 0.344 e. The molecule has 0 saturated carbocycles. The number of carbonyl (C=O) groups excluding carboxylic acids is 1. The lowest BCUT2D eigenvalue weighted by molar-refractivity contribution is -0.145. The molecule has 0 aliphatic heterocycles.